The Labute approximate surface area is 193 Å². The van der Waals surface area contributed by atoms with Crippen molar-refractivity contribution in [3.8, 4) is 0 Å². The lowest BCUT2D eigenvalue weighted by Crippen LogP contribution is -2.44. The lowest BCUT2D eigenvalue weighted by atomic mass is 9.96. The van der Waals surface area contributed by atoms with Crippen LogP contribution in [0.1, 0.15) is 57.5 Å². The zero-order valence-electron chi connectivity index (χ0n) is 19.4. The van der Waals surface area contributed by atoms with E-state index in [4.69, 9.17) is 26.2 Å². The van der Waals surface area contributed by atoms with Crippen LogP contribution in [0, 0.1) is 5.92 Å². The van der Waals surface area contributed by atoms with Crippen LogP contribution in [0.25, 0.3) is 0 Å². The molecule has 3 rings (SSSR count). The van der Waals surface area contributed by atoms with Crippen LogP contribution in [0.3, 0.4) is 0 Å². The highest BCUT2D eigenvalue weighted by molar-refractivity contribution is 6.30. The van der Waals surface area contributed by atoms with E-state index in [0.29, 0.717) is 35.2 Å². The van der Waals surface area contributed by atoms with E-state index in [2.05, 4.69) is 19.2 Å². The standard InChI is InChI=1S/C23H31ClN4O4/c1-14(2)19(15-7-9-16(24)10-8-15)26-21-25-18-11-12-27(22(30)32-23(3,4)5)13-17(18)20(29)28(21)31-6/h7-10,14,19H,11-13H2,1-6H3,(H,25,26). The van der Waals surface area contributed by atoms with E-state index >= 15 is 0 Å². The number of hydrogen-bond acceptors (Lipinski definition) is 6. The molecule has 1 N–H and O–H groups in total. The molecular weight excluding hydrogens is 432 g/mol. The monoisotopic (exact) mass is 462 g/mol. The molecule has 2 aromatic rings. The average molecular weight is 463 g/mol. The van der Waals surface area contributed by atoms with E-state index in [1.54, 1.807) is 0 Å². The number of aromatic nitrogens is 2. The first kappa shape index (κ1) is 23.9. The number of rotatable bonds is 5. The largest absolute Gasteiger partial charge is 0.444 e. The molecule has 8 nitrogen and oxygen atoms in total. The average Bonchev–Trinajstić information content (AvgIpc) is 2.71. The molecule has 0 spiro atoms. The molecule has 1 unspecified atom stereocenters. The molecule has 0 bridgehead atoms. The molecule has 174 valence electrons. The lowest BCUT2D eigenvalue weighted by Gasteiger charge is -2.31. The van der Waals surface area contributed by atoms with Crippen LogP contribution in [0.2, 0.25) is 5.02 Å². The van der Waals surface area contributed by atoms with Crippen LogP contribution in [-0.2, 0) is 17.7 Å². The van der Waals surface area contributed by atoms with E-state index < -0.39 is 11.7 Å². The maximum absolute atomic E-state index is 13.2. The predicted molar refractivity (Wildman–Crippen MR) is 124 cm³/mol. The van der Waals surface area contributed by atoms with Crippen LogP contribution < -0.4 is 15.7 Å². The van der Waals surface area contributed by atoms with Gasteiger partial charge in [0, 0.05) is 18.0 Å². The minimum absolute atomic E-state index is 0.111. The third kappa shape index (κ3) is 5.35. The van der Waals surface area contributed by atoms with Crippen molar-refractivity contribution >= 4 is 23.6 Å². The van der Waals surface area contributed by atoms with Gasteiger partial charge in [0.25, 0.3) is 5.56 Å². The van der Waals surface area contributed by atoms with Gasteiger partial charge in [-0.05, 0) is 44.4 Å². The van der Waals surface area contributed by atoms with Crippen molar-refractivity contribution in [1.29, 1.82) is 0 Å². The number of nitrogens with one attached hydrogen (secondary N) is 1. The molecule has 1 aliphatic heterocycles. The topological polar surface area (TPSA) is 85.7 Å². The van der Waals surface area contributed by atoms with Crippen LogP contribution in [-0.4, -0.2) is 40.0 Å². The Morgan fingerprint density at radius 1 is 1.22 bits per heavy atom. The van der Waals surface area contributed by atoms with Gasteiger partial charge in [0.2, 0.25) is 5.95 Å². The number of hydrogen-bond donors (Lipinski definition) is 1. The molecule has 0 radical (unpaired) electrons. The Morgan fingerprint density at radius 2 is 1.88 bits per heavy atom. The number of ether oxygens (including phenoxy) is 1. The van der Waals surface area contributed by atoms with Crippen molar-refractivity contribution in [2.24, 2.45) is 5.92 Å². The van der Waals surface area contributed by atoms with Crippen molar-refractivity contribution in [2.45, 2.75) is 59.2 Å². The van der Waals surface area contributed by atoms with Gasteiger partial charge in [-0.3, -0.25) is 4.79 Å². The third-order valence-electron chi connectivity index (χ3n) is 5.21. The predicted octanol–water partition coefficient (Wildman–Crippen LogP) is 4.06. The summed E-state index contributed by atoms with van der Waals surface area (Å²) >= 11 is 6.04. The lowest BCUT2D eigenvalue weighted by molar-refractivity contribution is 0.0219. The highest BCUT2D eigenvalue weighted by atomic mass is 35.5. The van der Waals surface area contributed by atoms with E-state index in [1.807, 2.05) is 45.0 Å². The minimum atomic E-state index is -0.607. The van der Waals surface area contributed by atoms with Crippen LogP contribution in [0.4, 0.5) is 10.7 Å². The minimum Gasteiger partial charge on any atom is -0.444 e. The van der Waals surface area contributed by atoms with Crippen LogP contribution in [0.15, 0.2) is 29.1 Å². The van der Waals surface area contributed by atoms with Crippen molar-refractivity contribution in [3.63, 3.8) is 0 Å². The SMILES string of the molecule is COn1c(NC(c2ccc(Cl)cc2)C(C)C)nc2c(c1=O)CN(C(=O)OC(C)(C)C)CC2. The summed E-state index contributed by atoms with van der Waals surface area (Å²) in [5.74, 6) is 0.535. The van der Waals surface area contributed by atoms with Crippen LogP contribution >= 0.6 is 11.6 Å². The summed E-state index contributed by atoms with van der Waals surface area (Å²) in [7, 11) is 1.42. The molecule has 0 saturated carbocycles. The van der Waals surface area contributed by atoms with Gasteiger partial charge < -0.3 is 19.8 Å². The Kier molecular flexibility index (Phi) is 7.03. The number of fused-ring (bicyclic) bond motifs is 1. The number of carbonyl (C=O) groups excluding carboxylic acids is 1. The van der Waals surface area contributed by atoms with E-state index in [0.717, 1.165) is 10.3 Å². The summed E-state index contributed by atoms with van der Waals surface area (Å²) in [6, 6.07) is 7.46. The fourth-order valence-electron chi connectivity index (χ4n) is 3.65. The van der Waals surface area contributed by atoms with Gasteiger partial charge in [-0.2, -0.15) is 0 Å². The summed E-state index contributed by atoms with van der Waals surface area (Å²) in [6.07, 6.45) is 0.00686. The van der Waals surface area contributed by atoms with E-state index in [-0.39, 0.29) is 24.1 Å². The number of halogens is 1. The van der Waals surface area contributed by atoms with Gasteiger partial charge in [0.15, 0.2) is 0 Å². The molecule has 2 heterocycles. The second kappa shape index (κ2) is 9.40. The first-order chi connectivity index (χ1) is 15.0. The van der Waals surface area contributed by atoms with Gasteiger partial charge in [-0.1, -0.05) is 37.6 Å². The van der Waals surface area contributed by atoms with Crippen molar-refractivity contribution in [2.75, 3.05) is 19.0 Å². The van der Waals surface area contributed by atoms with Gasteiger partial charge in [-0.15, -0.1) is 4.73 Å². The summed E-state index contributed by atoms with van der Waals surface area (Å²) in [6.45, 7) is 10.2. The number of anilines is 1. The summed E-state index contributed by atoms with van der Waals surface area (Å²) in [4.78, 5) is 37.3. The highest BCUT2D eigenvalue weighted by Crippen LogP contribution is 2.27. The molecule has 1 aliphatic rings. The number of benzene rings is 1. The smallest absolute Gasteiger partial charge is 0.410 e. The highest BCUT2D eigenvalue weighted by Gasteiger charge is 2.30. The summed E-state index contributed by atoms with van der Waals surface area (Å²) in [5, 5.41) is 4.03. The number of amides is 1. The third-order valence-corrected chi connectivity index (χ3v) is 5.46. The maximum atomic E-state index is 13.2. The normalized spacial score (nSPS) is 14.7. The van der Waals surface area contributed by atoms with Crippen molar-refractivity contribution in [1.82, 2.24) is 14.6 Å². The Hall–Kier alpha value is -2.74. The molecule has 1 atom stereocenters. The number of carbonyl (C=O) groups is 1. The molecular formula is C23H31ClN4O4. The first-order valence-electron chi connectivity index (χ1n) is 10.7. The second-order valence-corrected chi connectivity index (χ2v) is 9.65. The molecule has 1 aromatic carbocycles. The zero-order chi connectivity index (χ0) is 23.6. The molecule has 9 heteroatoms. The Balaban J connectivity index is 1.92. The van der Waals surface area contributed by atoms with Gasteiger partial charge >= 0.3 is 6.09 Å². The maximum Gasteiger partial charge on any atom is 0.410 e. The summed E-state index contributed by atoms with van der Waals surface area (Å²) < 4.78 is 6.60. The fraction of sp³-hybridized carbons (Fsp3) is 0.522. The second-order valence-electron chi connectivity index (χ2n) is 9.21. The molecule has 0 saturated heterocycles. The Morgan fingerprint density at radius 3 is 2.44 bits per heavy atom. The fourth-order valence-corrected chi connectivity index (χ4v) is 3.77. The summed E-state index contributed by atoms with van der Waals surface area (Å²) in [5.41, 5.74) is 1.16. The molecule has 1 amide bonds. The van der Waals surface area contributed by atoms with Gasteiger partial charge in [0.1, 0.15) is 12.7 Å². The van der Waals surface area contributed by atoms with Gasteiger partial charge in [-0.25, -0.2) is 9.78 Å². The Bertz CT molecular complexity index is 1030. The molecule has 1 aromatic heterocycles. The van der Waals surface area contributed by atoms with Crippen LogP contribution in [0.5, 0.6) is 0 Å². The molecule has 32 heavy (non-hydrogen) atoms. The molecule has 0 fully saturated rings. The molecule has 0 aliphatic carbocycles. The zero-order valence-corrected chi connectivity index (χ0v) is 20.2. The number of nitrogens with zero attached hydrogens (tertiary/aromatic N) is 3. The van der Waals surface area contributed by atoms with E-state index in [9.17, 15) is 9.59 Å². The van der Waals surface area contributed by atoms with E-state index in [1.165, 1.54) is 12.0 Å². The van der Waals surface area contributed by atoms with Crippen molar-refractivity contribution < 1.29 is 14.4 Å². The van der Waals surface area contributed by atoms with Gasteiger partial charge in [0.05, 0.1) is 23.8 Å². The van der Waals surface area contributed by atoms with Crippen molar-refractivity contribution in [3.05, 3.63) is 56.5 Å². The quantitative estimate of drug-likeness (QED) is 0.721. The first-order valence-corrected chi connectivity index (χ1v) is 11.1.